The summed E-state index contributed by atoms with van der Waals surface area (Å²) < 4.78 is 0. The van der Waals surface area contributed by atoms with Gasteiger partial charge in [0.25, 0.3) is 0 Å². The molecular weight excluding hydrogens is 424 g/mol. The maximum absolute atomic E-state index is 6.65. The number of rotatable bonds is 7. The number of allylic oxidation sites excluding steroid dienone is 5. The summed E-state index contributed by atoms with van der Waals surface area (Å²) in [5.41, 5.74) is 23.3. The molecule has 0 radical (unpaired) electrons. The fourth-order valence-corrected chi connectivity index (χ4v) is 5.26. The summed E-state index contributed by atoms with van der Waals surface area (Å²) in [6, 6.07) is 19.8. The monoisotopic (exact) mass is 458 g/mol. The lowest BCUT2D eigenvalue weighted by Gasteiger charge is -2.25. The number of fused-ring (bicyclic) bond motifs is 1. The molecule has 0 amide bonds. The van der Waals surface area contributed by atoms with E-state index in [0.29, 0.717) is 0 Å². The van der Waals surface area contributed by atoms with Crippen molar-refractivity contribution in [2.45, 2.75) is 46.5 Å². The average molecular weight is 459 g/mol. The zero-order valence-electron chi connectivity index (χ0n) is 21.1. The predicted molar refractivity (Wildman–Crippen MR) is 152 cm³/mol. The molecule has 35 heavy (non-hydrogen) atoms. The first-order valence-electron chi connectivity index (χ1n) is 12.5. The summed E-state index contributed by atoms with van der Waals surface area (Å²) in [5.74, 6) is 0. The normalized spacial score (nSPS) is 14.6. The van der Waals surface area contributed by atoms with E-state index in [4.69, 9.17) is 5.73 Å². The molecule has 5 rings (SSSR count). The van der Waals surface area contributed by atoms with E-state index < -0.39 is 0 Å². The highest BCUT2D eigenvalue weighted by atomic mass is 14.9. The van der Waals surface area contributed by atoms with Crippen LogP contribution in [0.5, 0.6) is 0 Å². The molecule has 2 aliphatic carbocycles. The molecule has 3 aromatic rings. The molecule has 0 unspecified atom stereocenters. The molecule has 0 saturated carbocycles. The van der Waals surface area contributed by atoms with Gasteiger partial charge in [-0.2, -0.15) is 0 Å². The van der Waals surface area contributed by atoms with Crippen LogP contribution in [0.2, 0.25) is 0 Å². The van der Waals surface area contributed by atoms with Gasteiger partial charge >= 0.3 is 0 Å². The zero-order chi connectivity index (χ0) is 24.7. The predicted octanol–water partition coefficient (Wildman–Crippen LogP) is 8.09. The molecule has 3 aromatic carbocycles. The minimum Gasteiger partial charge on any atom is -0.398 e. The Kier molecular flexibility index (Phi) is 5.98. The summed E-state index contributed by atoms with van der Waals surface area (Å²) in [5, 5.41) is 3.57. The van der Waals surface area contributed by atoms with E-state index >= 15 is 0 Å². The van der Waals surface area contributed by atoms with Crippen molar-refractivity contribution < 1.29 is 0 Å². The maximum atomic E-state index is 6.65. The van der Waals surface area contributed by atoms with Gasteiger partial charge in [0, 0.05) is 28.2 Å². The lowest BCUT2D eigenvalue weighted by atomic mass is 9.91. The molecule has 0 saturated heterocycles. The molecule has 0 atom stereocenters. The van der Waals surface area contributed by atoms with Crippen molar-refractivity contribution in [3.63, 3.8) is 0 Å². The minimum atomic E-state index is 0.809. The van der Waals surface area contributed by atoms with Gasteiger partial charge in [-0.25, -0.2) is 0 Å². The number of nitrogens with two attached hydrogens (primary N) is 1. The van der Waals surface area contributed by atoms with E-state index in [1.807, 2.05) is 6.08 Å². The topological polar surface area (TPSA) is 38.0 Å². The van der Waals surface area contributed by atoms with Crippen LogP contribution < -0.4 is 11.1 Å². The Morgan fingerprint density at radius 3 is 2.34 bits per heavy atom. The summed E-state index contributed by atoms with van der Waals surface area (Å²) in [6.07, 6.45) is 6.10. The lowest BCUT2D eigenvalue weighted by Crippen LogP contribution is -2.19. The highest BCUT2D eigenvalue weighted by Crippen LogP contribution is 2.43. The Balaban J connectivity index is 1.56. The molecule has 2 heteroatoms. The van der Waals surface area contributed by atoms with Gasteiger partial charge in [0.15, 0.2) is 0 Å². The fraction of sp³-hybridized carbons (Fsp3) is 0.212. The number of aryl methyl sites for hydroxylation is 2. The molecule has 0 fully saturated rings. The van der Waals surface area contributed by atoms with Crippen LogP contribution in [0, 0.1) is 6.92 Å². The van der Waals surface area contributed by atoms with Crippen LogP contribution in [0.15, 0.2) is 85.1 Å². The Morgan fingerprint density at radius 2 is 1.71 bits per heavy atom. The van der Waals surface area contributed by atoms with Crippen LogP contribution >= 0.6 is 0 Å². The lowest BCUT2D eigenvalue weighted by molar-refractivity contribution is 0.741. The van der Waals surface area contributed by atoms with E-state index in [1.165, 1.54) is 56.7 Å². The first kappa shape index (κ1) is 23.0. The van der Waals surface area contributed by atoms with Gasteiger partial charge in [-0.1, -0.05) is 73.7 Å². The van der Waals surface area contributed by atoms with E-state index in [-0.39, 0.29) is 0 Å². The number of anilines is 1. The number of nitrogens with one attached hydrogen (secondary N) is 1. The highest BCUT2D eigenvalue weighted by Gasteiger charge is 2.23. The average Bonchev–Trinajstić information content (AvgIpc) is 3.22. The Bertz CT molecular complexity index is 1410. The van der Waals surface area contributed by atoms with Crippen molar-refractivity contribution in [2.75, 3.05) is 5.73 Å². The van der Waals surface area contributed by atoms with Crippen molar-refractivity contribution in [3.05, 3.63) is 118 Å². The third-order valence-corrected chi connectivity index (χ3v) is 7.56. The number of nitrogen functional groups attached to an aromatic ring is 1. The van der Waals surface area contributed by atoms with Gasteiger partial charge in [0.1, 0.15) is 0 Å². The summed E-state index contributed by atoms with van der Waals surface area (Å²) >= 11 is 0. The summed E-state index contributed by atoms with van der Waals surface area (Å²) in [6.45, 7) is 15.0. The van der Waals surface area contributed by atoms with Crippen LogP contribution in [-0.4, -0.2) is 0 Å². The van der Waals surface area contributed by atoms with Crippen molar-refractivity contribution in [1.29, 1.82) is 0 Å². The molecule has 0 bridgehead atoms. The quantitative estimate of drug-likeness (QED) is 0.351. The highest BCUT2D eigenvalue weighted by molar-refractivity contribution is 6.02. The summed E-state index contributed by atoms with van der Waals surface area (Å²) in [7, 11) is 0. The molecule has 0 aliphatic heterocycles. The van der Waals surface area contributed by atoms with Gasteiger partial charge in [0.05, 0.1) is 0 Å². The molecule has 3 N–H and O–H groups in total. The van der Waals surface area contributed by atoms with Crippen LogP contribution in [0.3, 0.4) is 0 Å². The second-order valence-electron chi connectivity index (χ2n) is 9.82. The van der Waals surface area contributed by atoms with E-state index in [0.717, 1.165) is 47.3 Å². The Hall–Kier alpha value is -3.78. The third-order valence-electron chi connectivity index (χ3n) is 7.56. The van der Waals surface area contributed by atoms with Gasteiger partial charge in [0.2, 0.25) is 0 Å². The van der Waals surface area contributed by atoms with Crippen LogP contribution in [0.25, 0.3) is 28.0 Å². The molecule has 2 nitrogen and oxygen atoms in total. The van der Waals surface area contributed by atoms with E-state index in [1.54, 1.807) is 0 Å². The van der Waals surface area contributed by atoms with Crippen molar-refractivity contribution in [1.82, 2.24) is 5.32 Å². The Labute approximate surface area is 209 Å². The SMILES string of the molecule is C=CC1=C(c2ccc(C)cc2)Cc2cc(N)c(-c3ccc(CC)c(C(=C)NC4=C(C)CC4)c3)cc21. The van der Waals surface area contributed by atoms with Gasteiger partial charge < -0.3 is 11.1 Å². The molecular formula is C33H34N2. The van der Waals surface area contributed by atoms with Gasteiger partial charge in [-0.15, -0.1) is 0 Å². The van der Waals surface area contributed by atoms with E-state index in [9.17, 15) is 0 Å². The van der Waals surface area contributed by atoms with Crippen LogP contribution in [0.1, 0.15) is 60.1 Å². The second kappa shape index (κ2) is 9.11. The number of hydrogen-bond donors (Lipinski definition) is 2. The van der Waals surface area contributed by atoms with E-state index in [2.05, 4.69) is 93.8 Å². The Morgan fingerprint density at radius 1 is 0.971 bits per heavy atom. The molecule has 0 heterocycles. The number of hydrogen-bond acceptors (Lipinski definition) is 2. The zero-order valence-corrected chi connectivity index (χ0v) is 21.1. The maximum Gasteiger partial charge on any atom is 0.0397 e. The molecule has 0 spiro atoms. The molecule has 0 aromatic heterocycles. The largest absolute Gasteiger partial charge is 0.398 e. The van der Waals surface area contributed by atoms with Crippen LogP contribution in [-0.2, 0) is 12.8 Å². The third kappa shape index (κ3) is 4.14. The molecule has 176 valence electrons. The van der Waals surface area contributed by atoms with Gasteiger partial charge in [-0.05, 0) is 96.7 Å². The van der Waals surface area contributed by atoms with Crippen molar-refractivity contribution in [2.24, 2.45) is 0 Å². The smallest absolute Gasteiger partial charge is 0.0397 e. The van der Waals surface area contributed by atoms with Gasteiger partial charge in [-0.3, -0.25) is 0 Å². The second-order valence-corrected chi connectivity index (χ2v) is 9.82. The van der Waals surface area contributed by atoms with Crippen LogP contribution in [0.4, 0.5) is 5.69 Å². The first-order chi connectivity index (χ1) is 16.9. The summed E-state index contributed by atoms with van der Waals surface area (Å²) in [4.78, 5) is 0. The standard InChI is InChI=1S/C33H34N2/c1-6-23-13-14-25(16-28(23)22(5)35-33-15-10-21(33)4)31-19-30-26(18-32(31)34)17-29(27(30)7-2)24-11-8-20(3)9-12-24/h7-9,11-14,16,18-19,35H,2,5-6,10,15,17,34H2,1,3-4H3. The van der Waals surface area contributed by atoms with Crippen molar-refractivity contribution >= 4 is 22.5 Å². The number of benzene rings is 3. The first-order valence-corrected chi connectivity index (χ1v) is 12.5. The molecule has 2 aliphatic rings. The van der Waals surface area contributed by atoms with Crippen molar-refractivity contribution in [3.8, 4) is 11.1 Å². The fourth-order valence-electron chi connectivity index (χ4n) is 5.26. The minimum absolute atomic E-state index is 0.809.